The van der Waals surface area contributed by atoms with Crippen molar-refractivity contribution < 1.29 is 4.74 Å². The van der Waals surface area contributed by atoms with E-state index in [1.165, 1.54) is 11.1 Å². The molecule has 1 aromatic heterocycles. The lowest BCUT2D eigenvalue weighted by Crippen LogP contribution is -2.12. The zero-order valence-corrected chi connectivity index (χ0v) is 12.2. The molecule has 18 heavy (non-hydrogen) atoms. The zero-order valence-electron chi connectivity index (χ0n) is 11.4. The number of benzene rings is 1. The summed E-state index contributed by atoms with van der Waals surface area (Å²) in [6, 6.07) is 4.59. The van der Waals surface area contributed by atoms with Crippen LogP contribution in [0.3, 0.4) is 0 Å². The number of aromatic nitrogens is 2. The van der Waals surface area contributed by atoms with Crippen LogP contribution in [0.15, 0.2) is 12.1 Å². The average Bonchev–Trinajstić information content (AvgIpc) is 2.62. The van der Waals surface area contributed by atoms with Gasteiger partial charge in [0.25, 0.3) is 0 Å². The maximum Gasteiger partial charge on any atom is 0.178 e. The summed E-state index contributed by atoms with van der Waals surface area (Å²) in [6.45, 7) is 9.81. The Morgan fingerprint density at radius 1 is 1.33 bits per heavy atom. The van der Waals surface area contributed by atoms with Crippen LogP contribution >= 0.6 is 12.2 Å². The third-order valence-electron chi connectivity index (χ3n) is 3.34. The number of ether oxygens (including phenoxy) is 1. The summed E-state index contributed by atoms with van der Waals surface area (Å²) in [7, 11) is 0. The Hall–Kier alpha value is -1.13. The van der Waals surface area contributed by atoms with Crippen molar-refractivity contribution in [2.45, 2.75) is 33.7 Å². The van der Waals surface area contributed by atoms with Gasteiger partial charge in [0.2, 0.25) is 0 Å². The number of rotatable bonds is 4. The number of hydrogen-bond donors (Lipinski definition) is 1. The number of aromatic amines is 1. The Morgan fingerprint density at radius 3 is 2.67 bits per heavy atom. The van der Waals surface area contributed by atoms with Gasteiger partial charge in [-0.25, -0.2) is 0 Å². The third kappa shape index (κ3) is 2.35. The van der Waals surface area contributed by atoms with Crippen molar-refractivity contribution in [2.24, 2.45) is 0 Å². The smallest absolute Gasteiger partial charge is 0.178 e. The second-order valence-electron chi connectivity index (χ2n) is 4.76. The quantitative estimate of drug-likeness (QED) is 0.848. The number of aryl methyl sites for hydroxylation is 2. The van der Waals surface area contributed by atoms with Gasteiger partial charge in [0.1, 0.15) is 0 Å². The molecule has 1 unspecified atom stereocenters. The molecule has 0 fully saturated rings. The maximum absolute atomic E-state index is 5.50. The molecule has 2 aromatic rings. The summed E-state index contributed by atoms with van der Waals surface area (Å²) in [6.07, 6.45) is 0. The van der Waals surface area contributed by atoms with Gasteiger partial charge in [-0.1, -0.05) is 0 Å². The van der Waals surface area contributed by atoms with Crippen LogP contribution in [0.1, 0.15) is 31.0 Å². The molecule has 3 nitrogen and oxygen atoms in total. The predicted molar refractivity (Wildman–Crippen MR) is 77.8 cm³/mol. The van der Waals surface area contributed by atoms with E-state index in [0.717, 1.165) is 22.4 Å². The number of fused-ring (bicyclic) bond motifs is 1. The van der Waals surface area contributed by atoms with E-state index in [2.05, 4.69) is 42.5 Å². The first kappa shape index (κ1) is 13.3. The average molecular weight is 264 g/mol. The molecular formula is C14H20N2OS. The Labute approximate surface area is 113 Å². The van der Waals surface area contributed by atoms with Crippen LogP contribution in [0.25, 0.3) is 11.0 Å². The normalized spacial score (nSPS) is 13.1. The van der Waals surface area contributed by atoms with Crippen LogP contribution in [0.5, 0.6) is 0 Å². The lowest BCUT2D eigenvalue weighted by Gasteiger charge is -2.14. The predicted octanol–water partition coefficient (Wildman–Crippen LogP) is 3.91. The second kappa shape index (κ2) is 5.24. The molecule has 0 bridgehead atoms. The summed E-state index contributed by atoms with van der Waals surface area (Å²) in [5.74, 6) is 0. The van der Waals surface area contributed by atoms with Gasteiger partial charge in [0, 0.05) is 6.61 Å². The van der Waals surface area contributed by atoms with E-state index in [-0.39, 0.29) is 6.04 Å². The summed E-state index contributed by atoms with van der Waals surface area (Å²) >= 11 is 5.42. The first-order valence-corrected chi connectivity index (χ1v) is 6.74. The van der Waals surface area contributed by atoms with Crippen molar-refractivity contribution in [2.75, 3.05) is 13.2 Å². The summed E-state index contributed by atoms with van der Waals surface area (Å²) in [5.41, 5.74) is 4.83. The monoisotopic (exact) mass is 264 g/mol. The molecule has 1 aromatic carbocycles. The van der Waals surface area contributed by atoms with Crippen molar-refractivity contribution in [3.63, 3.8) is 0 Å². The van der Waals surface area contributed by atoms with E-state index >= 15 is 0 Å². The maximum atomic E-state index is 5.50. The number of imidazole rings is 1. The first-order chi connectivity index (χ1) is 8.54. The fourth-order valence-corrected chi connectivity index (χ4v) is 2.57. The highest BCUT2D eigenvalue weighted by atomic mass is 32.1. The molecule has 2 rings (SSSR count). The van der Waals surface area contributed by atoms with Gasteiger partial charge in [0.05, 0.1) is 23.7 Å². The molecule has 0 saturated heterocycles. The highest BCUT2D eigenvalue weighted by molar-refractivity contribution is 7.71. The zero-order chi connectivity index (χ0) is 13.3. The summed E-state index contributed by atoms with van der Waals surface area (Å²) in [5, 5.41) is 0. The standard InChI is InChI=1S/C14H20N2OS/c1-5-17-8-11(4)16-13-7-10(3)9(2)6-12(13)15-14(16)18/h6-7,11H,5,8H2,1-4H3,(H,15,18). The minimum absolute atomic E-state index is 0.244. The number of hydrogen-bond acceptors (Lipinski definition) is 2. The molecular weight excluding hydrogens is 244 g/mol. The van der Waals surface area contributed by atoms with Crippen LogP contribution in [0.2, 0.25) is 0 Å². The number of nitrogens with one attached hydrogen (secondary N) is 1. The Bertz CT molecular complexity index is 612. The Kier molecular flexibility index (Phi) is 3.88. The summed E-state index contributed by atoms with van der Waals surface area (Å²) < 4.78 is 8.41. The molecule has 4 heteroatoms. The van der Waals surface area contributed by atoms with E-state index in [1.807, 2.05) is 6.92 Å². The van der Waals surface area contributed by atoms with E-state index in [1.54, 1.807) is 0 Å². The number of nitrogens with zero attached hydrogens (tertiary/aromatic N) is 1. The van der Waals surface area contributed by atoms with Crippen LogP contribution in [0, 0.1) is 18.6 Å². The van der Waals surface area contributed by atoms with Crippen molar-refractivity contribution in [3.05, 3.63) is 28.0 Å². The van der Waals surface area contributed by atoms with Crippen LogP contribution < -0.4 is 0 Å². The van der Waals surface area contributed by atoms with E-state index < -0.39 is 0 Å². The van der Waals surface area contributed by atoms with Crippen LogP contribution in [-0.4, -0.2) is 22.8 Å². The fraction of sp³-hybridized carbons (Fsp3) is 0.500. The van der Waals surface area contributed by atoms with Crippen LogP contribution in [0.4, 0.5) is 0 Å². The van der Waals surface area contributed by atoms with Crippen molar-refractivity contribution >= 4 is 23.3 Å². The second-order valence-corrected chi connectivity index (χ2v) is 5.15. The van der Waals surface area contributed by atoms with Gasteiger partial charge in [-0.15, -0.1) is 0 Å². The van der Waals surface area contributed by atoms with Crippen molar-refractivity contribution in [3.8, 4) is 0 Å². The molecule has 0 spiro atoms. The Morgan fingerprint density at radius 2 is 2.00 bits per heavy atom. The fourth-order valence-electron chi connectivity index (χ4n) is 2.19. The van der Waals surface area contributed by atoms with Crippen molar-refractivity contribution in [1.82, 2.24) is 9.55 Å². The highest BCUT2D eigenvalue weighted by Gasteiger charge is 2.12. The summed E-state index contributed by atoms with van der Waals surface area (Å²) in [4.78, 5) is 3.27. The number of H-pyrrole nitrogens is 1. The van der Waals surface area contributed by atoms with Gasteiger partial charge in [-0.2, -0.15) is 0 Å². The highest BCUT2D eigenvalue weighted by Crippen LogP contribution is 2.22. The van der Waals surface area contributed by atoms with Gasteiger partial charge in [-0.05, 0) is 63.2 Å². The minimum atomic E-state index is 0.244. The van der Waals surface area contributed by atoms with E-state index in [0.29, 0.717) is 6.61 Å². The largest absolute Gasteiger partial charge is 0.380 e. The topological polar surface area (TPSA) is 29.9 Å². The molecule has 0 saturated carbocycles. The molecule has 0 amide bonds. The molecule has 1 N–H and O–H groups in total. The van der Waals surface area contributed by atoms with Gasteiger partial charge >= 0.3 is 0 Å². The van der Waals surface area contributed by atoms with E-state index in [9.17, 15) is 0 Å². The molecule has 1 atom stereocenters. The molecule has 98 valence electrons. The first-order valence-electron chi connectivity index (χ1n) is 6.33. The molecule has 0 aliphatic rings. The molecule has 0 aliphatic carbocycles. The SMILES string of the molecule is CCOCC(C)n1c(=S)[nH]c2cc(C)c(C)cc21. The van der Waals surface area contributed by atoms with Gasteiger partial charge in [0.15, 0.2) is 4.77 Å². The van der Waals surface area contributed by atoms with Gasteiger partial charge < -0.3 is 14.3 Å². The lowest BCUT2D eigenvalue weighted by molar-refractivity contribution is 0.119. The minimum Gasteiger partial charge on any atom is -0.380 e. The van der Waals surface area contributed by atoms with Gasteiger partial charge in [-0.3, -0.25) is 0 Å². The van der Waals surface area contributed by atoms with E-state index in [4.69, 9.17) is 17.0 Å². The molecule has 0 aliphatic heterocycles. The van der Waals surface area contributed by atoms with Crippen LogP contribution in [-0.2, 0) is 4.74 Å². The molecule has 1 heterocycles. The van der Waals surface area contributed by atoms with Crippen molar-refractivity contribution in [1.29, 1.82) is 0 Å². The molecule has 0 radical (unpaired) electrons. The Balaban J connectivity index is 2.53. The third-order valence-corrected chi connectivity index (χ3v) is 3.63. The lowest BCUT2D eigenvalue weighted by atomic mass is 10.1.